The topological polar surface area (TPSA) is 0 Å². The van der Waals surface area contributed by atoms with E-state index in [2.05, 4.69) is 98.5 Å². The van der Waals surface area contributed by atoms with Crippen LogP contribution < -0.4 is 5.19 Å². The molecule has 0 N–H and O–H groups in total. The van der Waals surface area contributed by atoms with Crippen LogP contribution in [-0.4, -0.2) is 8.07 Å². The van der Waals surface area contributed by atoms with E-state index in [9.17, 15) is 0 Å². The summed E-state index contributed by atoms with van der Waals surface area (Å²) in [6.45, 7) is 7.26. The lowest BCUT2D eigenvalue weighted by molar-refractivity contribution is 1.58. The van der Waals surface area contributed by atoms with Gasteiger partial charge in [-0.3, -0.25) is 0 Å². The standard InChI is InChI=1S/C21H22Si/c1-22(2,3)20-16-10-15-19(17-11-6-4-7-12-17)21(20)18-13-8-5-9-14-18/h4-16H,1-3H3. The van der Waals surface area contributed by atoms with Crippen LogP contribution in [0.5, 0.6) is 0 Å². The van der Waals surface area contributed by atoms with Gasteiger partial charge in [0, 0.05) is 0 Å². The van der Waals surface area contributed by atoms with E-state index in [4.69, 9.17) is 0 Å². The zero-order chi connectivity index (χ0) is 15.6. The lowest BCUT2D eigenvalue weighted by Gasteiger charge is -2.24. The summed E-state index contributed by atoms with van der Waals surface area (Å²) in [7, 11) is -1.42. The van der Waals surface area contributed by atoms with Crippen LogP contribution in [0.15, 0.2) is 78.9 Å². The Morgan fingerprint density at radius 2 is 1.09 bits per heavy atom. The van der Waals surface area contributed by atoms with E-state index < -0.39 is 8.07 Å². The van der Waals surface area contributed by atoms with Crippen molar-refractivity contribution in [3.63, 3.8) is 0 Å². The Labute approximate surface area is 134 Å². The number of benzene rings is 3. The zero-order valence-electron chi connectivity index (χ0n) is 13.5. The third-order valence-electron chi connectivity index (χ3n) is 4.02. The van der Waals surface area contributed by atoms with Gasteiger partial charge in [-0.2, -0.15) is 0 Å². The smallest absolute Gasteiger partial charge is 0.0656 e. The molecular weight excluding hydrogens is 280 g/mol. The molecule has 3 rings (SSSR count). The monoisotopic (exact) mass is 302 g/mol. The third kappa shape index (κ3) is 2.90. The van der Waals surface area contributed by atoms with Gasteiger partial charge in [0.2, 0.25) is 0 Å². The average molecular weight is 302 g/mol. The van der Waals surface area contributed by atoms with E-state index in [1.165, 1.54) is 27.4 Å². The van der Waals surface area contributed by atoms with Crippen LogP contribution in [-0.2, 0) is 0 Å². The van der Waals surface area contributed by atoms with E-state index in [0.29, 0.717) is 0 Å². The summed E-state index contributed by atoms with van der Waals surface area (Å²) in [5.41, 5.74) is 5.36. The molecule has 0 aromatic heterocycles. The molecule has 0 unspecified atom stereocenters. The number of rotatable bonds is 3. The molecule has 0 saturated carbocycles. The van der Waals surface area contributed by atoms with Gasteiger partial charge >= 0.3 is 0 Å². The highest BCUT2D eigenvalue weighted by Gasteiger charge is 2.23. The van der Waals surface area contributed by atoms with Crippen LogP contribution in [0.2, 0.25) is 19.6 Å². The first-order chi connectivity index (χ1) is 10.6. The fourth-order valence-corrected chi connectivity index (χ4v) is 4.58. The van der Waals surface area contributed by atoms with Gasteiger partial charge in [-0.15, -0.1) is 0 Å². The summed E-state index contributed by atoms with van der Waals surface area (Å²) in [4.78, 5) is 0. The highest BCUT2D eigenvalue weighted by atomic mass is 28.3. The summed E-state index contributed by atoms with van der Waals surface area (Å²) >= 11 is 0. The molecule has 0 radical (unpaired) electrons. The van der Waals surface area contributed by atoms with Crippen molar-refractivity contribution in [1.29, 1.82) is 0 Å². The van der Waals surface area contributed by atoms with Crippen LogP contribution in [0.25, 0.3) is 22.3 Å². The molecule has 0 nitrogen and oxygen atoms in total. The SMILES string of the molecule is C[Si](C)(C)c1cccc(-c2ccccc2)c1-c1ccccc1. The fourth-order valence-electron chi connectivity index (χ4n) is 2.95. The average Bonchev–Trinajstić information content (AvgIpc) is 2.55. The predicted octanol–water partition coefficient (Wildman–Crippen LogP) is 5.57. The fraction of sp³-hybridized carbons (Fsp3) is 0.143. The molecule has 0 spiro atoms. The van der Waals surface area contributed by atoms with Gasteiger partial charge in [0.1, 0.15) is 0 Å². The molecule has 0 amide bonds. The van der Waals surface area contributed by atoms with E-state index >= 15 is 0 Å². The second-order valence-electron chi connectivity index (χ2n) is 6.71. The highest BCUT2D eigenvalue weighted by Crippen LogP contribution is 2.32. The largest absolute Gasteiger partial charge is 0.0784 e. The molecule has 1 heteroatoms. The molecule has 0 bridgehead atoms. The minimum absolute atomic E-state index is 1.29. The molecule has 0 aliphatic heterocycles. The minimum Gasteiger partial charge on any atom is -0.0656 e. The van der Waals surface area contributed by atoms with Crippen molar-refractivity contribution in [1.82, 2.24) is 0 Å². The number of hydrogen-bond acceptors (Lipinski definition) is 0. The van der Waals surface area contributed by atoms with Crippen molar-refractivity contribution in [2.45, 2.75) is 19.6 Å². The molecule has 110 valence electrons. The lowest BCUT2D eigenvalue weighted by atomic mass is 9.94. The quantitative estimate of drug-likeness (QED) is 0.555. The first-order valence-electron chi connectivity index (χ1n) is 7.82. The van der Waals surface area contributed by atoms with E-state index in [1.807, 2.05) is 0 Å². The maximum absolute atomic E-state index is 2.42. The first-order valence-corrected chi connectivity index (χ1v) is 11.3. The summed E-state index contributed by atoms with van der Waals surface area (Å²) in [6.07, 6.45) is 0. The molecule has 0 aliphatic rings. The van der Waals surface area contributed by atoms with E-state index in [1.54, 1.807) is 0 Å². The Kier molecular flexibility index (Phi) is 3.99. The van der Waals surface area contributed by atoms with Gasteiger partial charge in [0.25, 0.3) is 0 Å². The Hall–Kier alpha value is -2.12. The molecule has 0 saturated heterocycles. The third-order valence-corrected chi connectivity index (χ3v) is 6.05. The summed E-state index contributed by atoms with van der Waals surface area (Å²) in [5, 5.41) is 1.53. The second-order valence-corrected chi connectivity index (χ2v) is 11.7. The second kappa shape index (κ2) is 5.94. The molecule has 0 atom stereocenters. The Morgan fingerprint density at radius 3 is 1.64 bits per heavy atom. The molecule has 3 aromatic carbocycles. The Bertz CT molecular complexity index is 753. The van der Waals surface area contributed by atoms with Crippen molar-refractivity contribution in [3.05, 3.63) is 78.9 Å². The van der Waals surface area contributed by atoms with Crippen molar-refractivity contribution >= 4 is 13.3 Å². The van der Waals surface area contributed by atoms with Crippen molar-refractivity contribution in [2.24, 2.45) is 0 Å². The van der Waals surface area contributed by atoms with Gasteiger partial charge in [0.15, 0.2) is 0 Å². The van der Waals surface area contributed by atoms with Crippen molar-refractivity contribution < 1.29 is 0 Å². The van der Waals surface area contributed by atoms with E-state index in [0.717, 1.165) is 0 Å². The van der Waals surface area contributed by atoms with Crippen LogP contribution in [0.3, 0.4) is 0 Å². The Morgan fingerprint density at radius 1 is 0.545 bits per heavy atom. The van der Waals surface area contributed by atoms with Crippen LogP contribution >= 0.6 is 0 Å². The summed E-state index contributed by atoms with van der Waals surface area (Å²) in [6, 6.07) is 28.3. The van der Waals surface area contributed by atoms with Crippen LogP contribution in [0, 0.1) is 0 Å². The maximum atomic E-state index is 2.42. The molecule has 0 fully saturated rings. The predicted molar refractivity (Wildman–Crippen MR) is 100 cm³/mol. The summed E-state index contributed by atoms with van der Waals surface area (Å²) < 4.78 is 0. The summed E-state index contributed by atoms with van der Waals surface area (Å²) in [5.74, 6) is 0. The van der Waals surface area contributed by atoms with Crippen LogP contribution in [0.1, 0.15) is 0 Å². The molecule has 0 aliphatic carbocycles. The minimum atomic E-state index is -1.42. The molecule has 3 aromatic rings. The zero-order valence-corrected chi connectivity index (χ0v) is 14.5. The Balaban J connectivity index is 2.32. The van der Waals surface area contributed by atoms with Gasteiger partial charge in [-0.1, -0.05) is 104 Å². The molecule has 0 heterocycles. The normalized spacial score (nSPS) is 11.4. The molecular formula is C21H22Si. The van der Waals surface area contributed by atoms with Gasteiger partial charge in [0.05, 0.1) is 8.07 Å². The molecule has 22 heavy (non-hydrogen) atoms. The van der Waals surface area contributed by atoms with Gasteiger partial charge in [-0.05, 0) is 22.3 Å². The van der Waals surface area contributed by atoms with Crippen molar-refractivity contribution in [2.75, 3.05) is 0 Å². The van der Waals surface area contributed by atoms with Crippen molar-refractivity contribution in [3.8, 4) is 22.3 Å². The maximum Gasteiger partial charge on any atom is 0.0784 e. The highest BCUT2D eigenvalue weighted by molar-refractivity contribution is 6.89. The van der Waals surface area contributed by atoms with E-state index in [-0.39, 0.29) is 0 Å². The lowest BCUT2D eigenvalue weighted by Crippen LogP contribution is -2.39. The van der Waals surface area contributed by atoms with Crippen LogP contribution in [0.4, 0.5) is 0 Å². The van der Waals surface area contributed by atoms with Gasteiger partial charge < -0.3 is 0 Å². The van der Waals surface area contributed by atoms with Gasteiger partial charge in [-0.25, -0.2) is 0 Å². The first kappa shape index (κ1) is 14.8. The number of hydrogen-bond donors (Lipinski definition) is 0.